The maximum Gasteiger partial charge on any atom is 0.325 e. The second kappa shape index (κ2) is 10.6. The van der Waals surface area contributed by atoms with Gasteiger partial charge in [0.15, 0.2) is 5.13 Å². The number of anilines is 4. The average Bonchev–Trinajstić information content (AvgIpc) is 3.25. The first kappa shape index (κ1) is 24.2. The smallest absolute Gasteiger partial charge is 0.325 e. The Morgan fingerprint density at radius 3 is 2.46 bits per heavy atom. The second-order valence-corrected chi connectivity index (χ2v) is 9.17. The van der Waals surface area contributed by atoms with Crippen molar-refractivity contribution in [2.24, 2.45) is 5.92 Å². The van der Waals surface area contributed by atoms with Crippen LogP contribution < -0.4 is 30.3 Å². The van der Waals surface area contributed by atoms with E-state index in [-0.39, 0.29) is 17.8 Å². The van der Waals surface area contributed by atoms with E-state index in [0.29, 0.717) is 47.7 Å². The van der Waals surface area contributed by atoms with Gasteiger partial charge < -0.3 is 25.0 Å². The molecule has 4 rings (SSSR count). The van der Waals surface area contributed by atoms with E-state index in [2.05, 4.69) is 35.8 Å². The highest BCUT2D eigenvalue weighted by molar-refractivity contribution is 7.15. The summed E-state index contributed by atoms with van der Waals surface area (Å²) in [5, 5.41) is 8.92. The third-order valence-corrected chi connectivity index (χ3v) is 6.29. The highest BCUT2D eigenvalue weighted by Crippen LogP contribution is 2.32. The van der Waals surface area contributed by atoms with Crippen LogP contribution in [0.1, 0.15) is 24.4 Å². The minimum Gasteiger partial charge on any atom is -0.481 e. The number of rotatable bonds is 7. The molecule has 0 saturated heterocycles. The molecule has 12 heteroatoms. The Labute approximate surface area is 206 Å². The molecule has 0 aliphatic carbocycles. The number of hydrogen-bond acceptors (Lipinski definition) is 9. The molecule has 3 N–H and O–H groups in total. The first-order valence-electron chi connectivity index (χ1n) is 11.0. The minimum absolute atomic E-state index is 0.129. The molecule has 2 aromatic heterocycles. The van der Waals surface area contributed by atoms with E-state index >= 15 is 0 Å². The van der Waals surface area contributed by atoms with Gasteiger partial charge in [-0.1, -0.05) is 37.3 Å². The van der Waals surface area contributed by atoms with Crippen LogP contribution in [0.25, 0.3) is 0 Å². The molecule has 1 aliphatic heterocycles. The second-order valence-electron chi connectivity index (χ2n) is 8.08. The largest absolute Gasteiger partial charge is 0.481 e. The number of hydrogen-bond donors (Lipinski definition) is 3. The number of carbonyl (C=O) groups excluding carboxylic acids is 2. The fraction of sp³-hybridized carbons (Fsp3) is 0.348. The average molecular weight is 498 g/mol. The van der Waals surface area contributed by atoms with Crippen LogP contribution in [0.15, 0.2) is 30.3 Å². The van der Waals surface area contributed by atoms with Crippen LogP contribution >= 0.6 is 11.3 Å². The SMILES string of the molecule is COc1cc(N2CCc3nc(NC(=O)Nc4ccccc4NC(=O)C(C)C)sc3C2)nc(OC)n1. The third-order valence-electron chi connectivity index (χ3n) is 5.29. The Hall–Kier alpha value is -3.93. The molecule has 3 aromatic rings. The number of thiazole rings is 1. The van der Waals surface area contributed by atoms with Crippen molar-refractivity contribution >= 4 is 45.6 Å². The van der Waals surface area contributed by atoms with Gasteiger partial charge in [0.2, 0.25) is 11.8 Å². The zero-order valence-electron chi connectivity index (χ0n) is 19.9. The van der Waals surface area contributed by atoms with E-state index in [1.54, 1.807) is 51.3 Å². The summed E-state index contributed by atoms with van der Waals surface area (Å²) in [7, 11) is 3.05. The van der Waals surface area contributed by atoms with Gasteiger partial charge in [-0.25, -0.2) is 9.78 Å². The summed E-state index contributed by atoms with van der Waals surface area (Å²) in [6.45, 7) is 4.90. The fourth-order valence-electron chi connectivity index (χ4n) is 3.42. The molecule has 1 aliphatic rings. The van der Waals surface area contributed by atoms with Gasteiger partial charge in [-0.2, -0.15) is 9.97 Å². The third kappa shape index (κ3) is 5.77. The van der Waals surface area contributed by atoms with Gasteiger partial charge in [-0.3, -0.25) is 10.1 Å². The highest BCUT2D eigenvalue weighted by Gasteiger charge is 2.24. The predicted molar refractivity (Wildman–Crippen MR) is 135 cm³/mol. The molecule has 0 radical (unpaired) electrons. The van der Waals surface area contributed by atoms with E-state index < -0.39 is 6.03 Å². The number of fused-ring (bicyclic) bond motifs is 1. The molecule has 1 aromatic carbocycles. The quantitative estimate of drug-likeness (QED) is 0.450. The first-order valence-corrected chi connectivity index (χ1v) is 11.9. The molecule has 11 nitrogen and oxygen atoms in total. The molecular formula is C23H27N7O4S. The standard InChI is InChI=1S/C23H27N7O4S/c1-13(2)20(31)24-14-7-5-6-8-15(14)25-21(32)29-23-26-16-9-10-30(12-17(16)35-23)18-11-19(33-3)28-22(27-18)34-4/h5-8,11,13H,9-10,12H2,1-4H3,(H,24,31)(H2,25,26,29,32). The number of nitrogens with zero attached hydrogens (tertiary/aromatic N) is 4. The Kier molecular flexibility index (Phi) is 7.30. The zero-order chi connectivity index (χ0) is 24.9. The number of aromatic nitrogens is 3. The number of benzene rings is 1. The molecule has 0 spiro atoms. The maximum absolute atomic E-state index is 12.7. The zero-order valence-corrected chi connectivity index (χ0v) is 20.7. The fourth-order valence-corrected chi connectivity index (χ4v) is 4.44. The van der Waals surface area contributed by atoms with Crippen molar-refractivity contribution < 1.29 is 19.1 Å². The molecular weight excluding hydrogens is 470 g/mol. The topological polar surface area (TPSA) is 131 Å². The van der Waals surface area contributed by atoms with Crippen molar-refractivity contribution in [3.8, 4) is 11.9 Å². The van der Waals surface area contributed by atoms with Crippen LogP contribution in [-0.4, -0.2) is 47.7 Å². The van der Waals surface area contributed by atoms with Crippen molar-refractivity contribution in [2.75, 3.05) is 41.6 Å². The molecule has 0 saturated carbocycles. The highest BCUT2D eigenvalue weighted by atomic mass is 32.1. The number of amides is 3. The van der Waals surface area contributed by atoms with Gasteiger partial charge in [0, 0.05) is 29.8 Å². The molecule has 3 heterocycles. The number of ether oxygens (including phenoxy) is 2. The molecule has 0 atom stereocenters. The Bertz CT molecular complexity index is 1210. The van der Waals surface area contributed by atoms with Crippen LogP contribution in [0.3, 0.4) is 0 Å². The predicted octanol–water partition coefficient (Wildman–Crippen LogP) is 3.75. The van der Waals surface area contributed by atoms with Gasteiger partial charge >= 0.3 is 12.0 Å². The minimum atomic E-state index is -0.440. The van der Waals surface area contributed by atoms with E-state index in [1.807, 2.05) is 0 Å². The normalized spacial score (nSPS) is 12.7. The molecule has 0 fully saturated rings. The molecule has 0 unspecified atom stereocenters. The van der Waals surface area contributed by atoms with Crippen LogP contribution in [0.5, 0.6) is 11.9 Å². The summed E-state index contributed by atoms with van der Waals surface area (Å²) in [6.07, 6.45) is 0.702. The number of para-hydroxylation sites is 2. The first-order chi connectivity index (χ1) is 16.9. The lowest BCUT2D eigenvalue weighted by Crippen LogP contribution is -2.30. The lowest BCUT2D eigenvalue weighted by Gasteiger charge is -2.27. The van der Waals surface area contributed by atoms with Gasteiger partial charge in [0.05, 0.1) is 37.8 Å². The van der Waals surface area contributed by atoms with Crippen LogP contribution in [0.2, 0.25) is 0 Å². The summed E-state index contributed by atoms with van der Waals surface area (Å²) in [6, 6.07) is 8.60. The van der Waals surface area contributed by atoms with Crippen LogP contribution in [0.4, 0.5) is 27.1 Å². The summed E-state index contributed by atoms with van der Waals surface area (Å²) in [4.78, 5) is 41.0. The van der Waals surface area contributed by atoms with E-state index in [0.717, 1.165) is 10.6 Å². The number of carbonyl (C=O) groups is 2. The van der Waals surface area contributed by atoms with Gasteiger partial charge in [0.1, 0.15) is 5.82 Å². The van der Waals surface area contributed by atoms with Crippen molar-refractivity contribution in [1.29, 1.82) is 0 Å². The monoisotopic (exact) mass is 497 g/mol. The molecule has 184 valence electrons. The van der Waals surface area contributed by atoms with Gasteiger partial charge in [-0.05, 0) is 12.1 Å². The van der Waals surface area contributed by atoms with Crippen LogP contribution in [0, 0.1) is 5.92 Å². The molecule has 35 heavy (non-hydrogen) atoms. The van der Waals surface area contributed by atoms with E-state index in [4.69, 9.17) is 9.47 Å². The Morgan fingerprint density at radius 1 is 1.03 bits per heavy atom. The summed E-state index contributed by atoms with van der Waals surface area (Å²) in [5.74, 6) is 0.809. The number of nitrogens with one attached hydrogen (secondary N) is 3. The van der Waals surface area contributed by atoms with E-state index in [9.17, 15) is 9.59 Å². The molecule has 3 amide bonds. The van der Waals surface area contributed by atoms with E-state index in [1.165, 1.54) is 18.4 Å². The van der Waals surface area contributed by atoms with Crippen molar-refractivity contribution in [3.05, 3.63) is 40.9 Å². The Balaban J connectivity index is 1.43. The summed E-state index contributed by atoms with van der Waals surface area (Å²) >= 11 is 1.41. The summed E-state index contributed by atoms with van der Waals surface area (Å²) < 4.78 is 10.4. The molecule has 0 bridgehead atoms. The lowest BCUT2D eigenvalue weighted by atomic mass is 10.2. The summed E-state index contributed by atoms with van der Waals surface area (Å²) in [5.41, 5.74) is 1.98. The Morgan fingerprint density at radius 2 is 1.77 bits per heavy atom. The van der Waals surface area contributed by atoms with Crippen molar-refractivity contribution in [2.45, 2.75) is 26.8 Å². The van der Waals surface area contributed by atoms with Gasteiger partial charge in [-0.15, -0.1) is 0 Å². The lowest BCUT2D eigenvalue weighted by molar-refractivity contribution is -0.118. The number of urea groups is 1. The van der Waals surface area contributed by atoms with Gasteiger partial charge in [0.25, 0.3) is 0 Å². The maximum atomic E-state index is 12.7. The van der Waals surface area contributed by atoms with Crippen molar-refractivity contribution in [1.82, 2.24) is 15.0 Å². The van der Waals surface area contributed by atoms with Crippen molar-refractivity contribution in [3.63, 3.8) is 0 Å². The number of methoxy groups -OCH3 is 2. The van der Waals surface area contributed by atoms with Crippen LogP contribution in [-0.2, 0) is 17.8 Å².